The zero-order chi connectivity index (χ0) is 11.4. The molecule has 2 rings (SSSR count). The second-order valence-electron chi connectivity index (χ2n) is 4.80. The Bertz CT molecular complexity index is 314. The summed E-state index contributed by atoms with van der Waals surface area (Å²) < 4.78 is 0. The zero-order valence-electron chi connectivity index (χ0n) is 10.0. The maximum atomic E-state index is 5.58. The van der Waals surface area contributed by atoms with Crippen molar-refractivity contribution in [3.63, 3.8) is 0 Å². The Labute approximate surface area is 97.7 Å². The molecule has 3 nitrogen and oxygen atoms in total. The topological polar surface area (TPSA) is 42.1 Å². The molecule has 2 N–H and O–H groups in total. The van der Waals surface area contributed by atoms with Crippen LogP contribution in [-0.4, -0.2) is 23.0 Å². The van der Waals surface area contributed by atoms with E-state index in [4.69, 9.17) is 5.73 Å². The van der Waals surface area contributed by atoms with E-state index in [0.29, 0.717) is 5.82 Å². The fourth-order valence-corrected chi connectivity index (χ4v) is 2.47. The van der Waals surface area contributed by atoms with Crippen molar-refractivity contribution in [1.29, 1.82) is 0 Å². The minimum Gasteiger partial charge on any atom is -0.384 e. The summed E-state index contributed by atoms with van der Waals surface area (Å²) in [5.74, 6) is 0.601. The maximum Gasteiger partial charge on any atom is 0.123 e. The third kappa shape index (κ3) is 2.95. The second kappa shape index (κ2) is 5.30. The molecule has 0 aromatic carbocycles. The molecule has 88 valence electrons. The van der Waals surface area contributed by atoms with Crippen LogP contribution in [0.15, 0.2) is 18.3 Å². The van der Waals surface area contributed by atoms with Gasteiger partial charge in [0.1, 0.15) is 5.82 Å². The Balaban J connectivity index is 1.90. The molecule has 1 aromatic heterocycles. The average Bonchev–Trinajstić information content (AvgIpc) is 2.33. The monoisotopic (exact) mass is 219 g/mol. The van der Waals surface area contributed by atoms with Gasteiger partial charge in [0.05, 0.1) is 0 Å². The molecule has 1 aromatic rings. The molecule has 0 amide bonds. The minimum absolute atomic E-state index is 0.601. The van der Waals surface area contributed by atoms with E-state index in [0.717, 1.165) is 12.6 Å². The predicted octanol–water partition coefficient (Wildman–Crippen LogP) is 2.43. The fraction of sp³-hybridized carbons (Fsp3) is 0.615. The number of nitrogens with zero attached hydrogens (tertiary/aromatic N) is 2. The van der Waals surface area contributed by atoms with Crippen molar-refractivity contribution in [2.24, 2.45) is 0 Å². The van der Waals surface area contributed by atoms with E-state index in [-0.39, 0.29) is 0 Å². The summed E-state index contributed by atoms with van der Waals surface area (Å²) in [7, 11) is 2.21. The van der Waals surface area contributed by atoms with Crippen molar-refractivity contribution < 1.29 is 0 Å². The van der Waals surface area contributed by atoms with Crippen molar-refractivity contribution >= 4 is 5.82 Å². The molecule has 0 spiro atoms. The highest BCUT2D eigenvalue weighted by Gasteiger charge is 2.17. The SMILES string of the molecule is CN(Cc1ccc(N)nc1)C1CCCCC1. The van der Waals surface area contributed by atoms with Gasteiger partial charge < -0.3 is 5.73 Å². The van der Waals surface area contributed by atoms with Crippen molar-refractivity contribution in [3.8, 4) is 0 Å². The zero-order valence-corrected chi connectivity index (χ0v) is 10.0. The number of nitrogens with two attached hydrogens (primary N) is 1. The lowest BCUT2D eigenvalue weighted by Crippen LogP contribution is -2.32. The first-order valence-corrected chi connectivity index (χ1v) is 6.16. The highest BCUT2D eigenvalue weighted by molar-refractivity contribution is 5.29. The van der Waals surface area contributed by atoms with E-state index in [1.165, 1.54) is 37.7 Å². The lowest BCUT2D eigenvalue weighted by Gasteiger charge is -2.31. The van der Waals surface area contributed by atoms with Gasteiger partial charge >= 0.3 is 0 Å². The van der Waals surface area contributed by atoms with Gasteiger partial charge in [-0.1, -0.05) is 25.3 Å². The lowest BCUT2D eigenvalue weighted by atomic mass is 9.94. The van der Waals surface area contributed by atoms with Crippen molar-refractivity contribution in [3.05, 3.63) is 23.9 Å². The predicted molar refractivity (Wildman–Crippen MR) is 67.0 cm³/mol. The first-order valence-electron chi connectivity index (χ1n) is 6.16. The maximum absolute atomic E-state index is 5.58. The molecule has 1 aliphatic carbocycles. The second-order valence-corrected chi connectivity index (χ2v) is 4.80. The molecule has 0 aliphatic heterocycles. The number of rotatable bonds is 3. The Morgan fingerprint density at radius 2 is 2.06 bits per heavy atom. The van der Waals surface area contributed by atoms with Crippen molar-refractivity contribution in [1.82, 2.24) is 9.88 Å². The van der Waals surface area contributed by atoms with E-state index in [9.17, 15) is 0 Å². The largest absolute Gasteiger partial charge is 0.384 e. The van der Waals surface area contributed by atoms with Gasteiger partial charge in [-0.3, -0.25) is 4.90 Å². The Kier molecular flexibility index (Phi) is 3.78. The third-order valence-corrected chi connectivity index (χ3v) is 3.48. The van der Waals surface area contributed by atoms with Gasteiger partial charge in [0.2, 0.25) is 0 Å². The van der Waals surface area contributed by atoms with Crippen molar-refractivity contribution in [2.75, 3.05) is 12.8 Å². The minimum atomic E-state index is 0.601. The van der Waals surface area contributed by atoms with Gasteiger partial charge in [-0.05, 0) is 31.5 Å². The number of anilines is 1. The summed E-state index contributed by atoms with van der Waals surface area (Å²) in [6, 6.07) is 4.71. The first-order chi connectivity index (χ1) is 7.75. The van der Waals surface area contributed by atoms with E-state index >= 15 is 0 Å². The van der Waals surface area contributed by atoms with E-state index < -0.39 is 0 Å². The number of aromatic nitrogens is 1. The molecule has 1 heterocycles. The van der Waals surface area contributed by atoms with Crippen LogP contribution in [0.4, 0.5) is 5.82 Å². The van der Waals surface area contributed by atoms with Crippen LogP contribution in [0.1, 0.15) is 37.7 Å². The molecule has 1 saturated carbocycles. The molecule has 16 heavy (non-hydrogen) atoms. The molecular weight excluding hydrogens is 198 g/mol. The van der Waals surface area contributed by atoms with Crippen molar-refractivity contribution in [2.45, 2.75) is 44.7 Å². The summed E-state index contributed by atoms with van der Waals surface area (Å²) in [5, 5.41) is 0. The molecule has 0 bridgehead atoms. The molecule has 3 heteroatoms. The van der Waals surface area contributed by atoms with Gasteiger partial charge in [-0.2, -0.15) is 0 Å². The Hall–Kier alpha value is -1.09. The number of hydrogen-bond donors (Lipinski definition) is 1. The smallest absolute Gasteiger partial charge is 0.123 e. The summed E-state index contributed by atoms with van der Waals surface area (Å²) in [6.07, 6.45) is 8.75. The van der Waals surface area contributed by atoms with Crippen LogP contribution in [0.2, 0.25) is 0 Å². The van der Waals surface area contributed by atoms with E-state index in [1.807, 2.05) is 12.3 Å². The highest BCUT2D eigenvalue weighted by Crippen LogP contribution is 2.22. The molecule has 0 atom stereocenters. The first kappa shape index (κ1) is 11.4. The van der Waals surface area contributed by atoms with E-state index in [1.54, 1.807) is 0 Å². The van der Waals surface area contributed by atoms with Crippen LogP contribution in [-0.2, 0) is 6.54 Å². The highest BCUT2D eigenvalue weighted by atomic mass is 15.1. The average molecular weight is 219 g/mol. The summed E-state index contributed by atoms with van der Waals surface area (Å²) in [6.45, 7) is 0.984. The van der Waals surface area contributed by atoms with Gasteiger partial charge in [0, 0.05) is 18.8 Å². The van der Waals surface area contributed by atoms with E-state index in [2.05, 4.69) is 23.0 Å². The van der Waals surface area contributed by atoms with Crippen LogP contribution >= 0.6 is 0 Å². The van der Waals surface area contributed by atoms with Crippen LogP contribution in [0, 0.1) is 0 Å². The van der Waals surface area contributed by atoms with Crippen LogP contribution in [0.3, 0.4) is 0 Å². The van der Waals surface area contributed by atoms with Gasteiger partial charge in [-0.15, -0.1) is 0 Å². The summed E-state index contributed by atoms with van der Waals surface area (Å²) in [4.78, 5) is 6.58. The molecular formula is C13H21N3. The normalized spacial score (nSPS) is 17.9. The molecule has 1 aliphatic rings. The molecule has 1 fully saturated rings. The molecule has 0 radical (unpaired) electrons. The van der Waals surface area contributed by atoms with Gasteiger partial charge in [-0.25, -0.2) is 4.98 Å². The van der Waals surface area contributed by atoms with Crippen LogP contribution in [0.5, 0.6) is 0 Å². The standard InChI is InChI=1S/C13H21N3/c1-16(12-5-3-2-4-6-12)10-11-7-8-13(14)15-9-11/h7-9,12H,2-6,10H2,1H3,(H2,14,15). The van der Waals surface area contributed by atoms with Gasteiger partial charge in [0.25, 0.3) is 0 Å². The van der Waals surface area contributed by atoms with Crippen LogP contribution < -0.4 is 5.73 Å². The molecule has 0 unspecified atom stereocenters. The van der Waals surface area contributed by atoms with Gasteiger partial charge in [0.15, 0.2) is 0 Å². The fourth-order valence-electron chi connectivity index (χ4n) is 2.47. The summed E-state index contributed by atoms with van der Waals surface area (Å²) >= 11 is 0. The van der Waals surface area contributed by atoms with Crippen LogP contribution in [0.25, 0.3) is 0 Å². The quantitative estimate of drug-likeness (QED) is 0.849. The number of pyridine rings is 1. The Morgan fingerprint density at radius 3 is 2.69 bits per heavy atom. The summed E-state index contributed by atoms with van der Waals surface area (Å²) in [5.41, 5.74) is 6.83. The number of nitrogen functional groups attached to an aromatic ring is 1. The number of hydrogen-bond acceptors (Lipinski definition) is 3. The molecule has 0 saturated heterocycles. The lowest BCUT2D eigenvalue weighted by molar-refractivity contribution is 0.184. The third-order valence-electron chi connectivity index (χ3n) is 3.48. The Morgan fingerprint density at radius 1 is 1.31 bits per heavy atom.